The van der Waals surface area contributed by atoms with E-state index in [0.717, 1.165) is 32.1 Å². The summed E-state index contributed by atoms with van der Waals surface area (Å²) < 4.78 is 19.2. The van der Waals surface area contributed by atoms with E-state index in [1.165, 1.54) is 11.1 Å². The van der Waals surface area contributed by atoms with Gasteiger partial charge < -0.3 is 13.6 Å². The first-order valence-electron chi connectivity index (χ1n) is 12.4. The van der Waals surface area contributed by atoms with E-state index >= 15 is 0 Å². The summed E-state index contributed by atoms with van der Waals surface area (Å²) in [5, 5.41) is 0. The Kier molecular flexibility index (Phi) is 11.8. The highest BCUT2D eigenvalue weighted by molar-refractivity contribution is 6.70. The molecule has 0 amide bonds. The standard InChI is InChI=1S/C26H50O4Si2/c1-21(2)13-15-24(27)22(3)12-11-18-26(4)25(30-32(8,9)10)16-14-23(20-28-26)17-19-29-31(5,6)7/h13,17,22,25H,11-12,14-16,18-20H2,1-10H3/b23-17+/t22?,25-,26+/m1/s1. The Hall–Kier alpha value is -0.536. The van der Waals surface area contributed by atoms with E-state index in [1.807, 2.05) is 19.9 Å². The Morgan fingerprint density at radius 1 is 1.19 bits per heavy atom. The Labute approximate surface area is 200 Å². The van der Waals surface area contributed by atoms with Crippen molar-refractivity contribution in [2.75, 3.05) is 13.2 Å². The molecule has 0 aliphatic carbocycles. The van der Waals surface area contributed by atoms with Gasteiger partial charge in [0.15, 0.2) is 16.6 Å². The summed E-state index contributed by atoms with van der Waals surface area (Å²) in [6, 6.07) is 0. The third-order valence-electron chi connectivity index (χ3n) is 5.95. The lowest BCUT2D eigenvalue weighted by atomic mass is 9.87. The molecule has 0 saturated carbocycles. The van der Waals surface area contributed by atoms with Crippen LogP contribution in [0.3, 0.4) is 0 Å². The van der Waals surface area contributed by atoms with Crippen molar-refractivity contribution in [1.82, 2.24) is 0 Å². The van der Waals surface area contributed by atoms with Crippen molar-refractivity contribution in [3.8, 4) is 0 Å². The predicted molar refractivity (Wildman–Crippen MR) is 141 cm³/mol. The zero-order chi connectivity index (χ0) is 24.6. The van der Waals surface area contributed by atoms with Gasteiger partial charge in [0, 0.05) is 12.3 Å². The first kappa shape index (κ1) is 29.5. The molecule has 6 heteroatoms. The van der Waals surface area contributed by atoms with Crippen LogP contribution in [0.5, 0.6) is 0 Å². The summed E-state index contributed by atoms with van der Waals surface area (Å²) >= 11 is 0. The van der Waals surface area contributed by atoms with Crippen LogP contribution in [0.4, 0.5) is 0 Å². The molecule has 0 N–H and O–H groups in total. The molecule has 1 aliphatic heterocycles. The van der Waals surface area contributed by atoms with E-state index in [-0.39, 0.29) is 17.6 Å². The highest BCUT2D eigenvalue weighted by Crippen LogP contribution is 2.35. The number of hydrogen-bond acceptors (Lipinski definition) is 4. The fraction of sp³-hybridized carbons (Fsp3) is 0.808. The number of ketones is 1. The Bertz CT molecular complexity index is 654. The zero-order valence-electron chi connectivity index (χ0n) is 22.6. The average molecular weight is 483 g/mol. The van der Waals surface area contributed by atoms with Crippen molar-refractivity contribution < 1.29 is 18.4 Å². The highest BCUT2D eigenvalue weighted by Gasteiger charge is 2.40. The fourth-order valence-electron chi connectivity index (χ4n) is 3.88. The SMILES string of the molecule is CC(C)=CCC(=O)C(C)CCC[C@]1(C)OC/C(=C/CO[Si](C)(C)C)CC[C@H]1O[Si](C)(C)C. The molecule has 1 saturated heterocycles. The summed E-state index contributed by atoms with van der Waals surface area (Å²) in [7, 11) is -3.22. The third kappa shape index (κ3) is 12.1. The van der Waals surface area contributed by atoms with Crippen molar-refractivity contribution in [3.05, 3.63) is 23.3 Å². The van der Waals surface area contributed by atoms with Crippen LogP contribution in [0, 0.1) is 5.92 Å². The van der Waals surface area contributed by atoms with Crippen LogP contribution in [-0.2, 0) is 18.4 Å². The quantitative estimate of drug-likeness (QED) is 0.216. The molecular weight excluding hydrogens is 432 g/mol. The molecule has 32 heavy (non-hydrogen) atoms. The Morgan fingerprint density at radius 2 is 1.84 bits per heavy atom. The van der Waals surface area contributed by atoms with E-state index in [4.69, 9.17) is 13.6 Å². The minimum Gasteiger partial charge on any atom is -0.414 e. The lowest BCUT2D eigenvalue weighted by molar-refractivity contribution is -0.122. The first-order chi connectivity index (χ1) is 14.6. The molecule has 1 aliphatic rings. The maximum atomic E-state index is 12.4. The van der Waals surface area contributed by atoms with Gasteiger partial charge in [0.25, 0.3) is 0 Å². The van der Waals surface area contributed by atoms with E-state index < -0.39 is 16.6 Å². The van der Waals surface area contributed by atoms with Gasteiger partial charge >= 0.3 is 0 Å². The summed E-state index contributed by atoms with van der Waals surface area (Å²) in [5.41, 5.74) is 2.20. The third-order valence-corrected chi connectivity index (χ3v) is 7.98. The summed E-state index contributed by atoms with van der Waals surface area (Å²) in [6.07, 6.45) is 9.67. The van der Waals surface area contributed by atoms with Gasteiger partial charge in [-0.3, -0.25) is 4.79 Å². The van der Waals surface area contributed by atoms with Crippen LogP contribution in [0.15, 0.2) is 23.3 Å². The number of carbonyl (C=O) groups is 1. The second-order valence-electron chi connectivity index (χ2n) is 11.9. The van der Waals surface area contributed by atoms with Gasteiger partial charge in [-0.05, 0) is 97.7 Å². The maximum absolute atomic E-state index is 12.4. The van der Waals surface area contributed by atoms with Gasteiger partial charge in [-0.2, -0.15) is 0 Å². The second-order valence-corrected chi connectivity index (χ2v) is 20.9. The number of Topliss-reactive ketones (excluding diaryl/α,β-unsaturated/α-hetero) is 1. The molecule has 186 valence electrons. The highest BCUT2D eigenvalue weighted by atomic mass is 28.4. The second kappa shape index (κ2) is 12.8. The average Bonchev–Trinajstić information content (AvgIpc) is 2.78. The van der Waals surface area contributed by atoms with Crippen LogP contribution >= 0.6 is 0 Å². The van der Waals surface area contributed by atoms with Crippen LogP contribution < -0.4 is 0 Å². The summed E-state index contributed by atoms with van der Waals surface area (Å²) in [6.45, 7) is 23.1. The van der Waals surface area contributed by atoms with Crippen molar-refractivity contribution >= 4 is 22.4 Å². The first-order valence-corrected chi connectivity index (χ1v) is 19.2. The molecule has 3 atom stereocenters. The van der Waals surface area contributed by atoms with Crippen LogP contribution in [-0.4, -0.2) is 47.3 Å². The van der Waals surface area contributed by atoms with Crippen molar-refractivity contribution in [2.24, 2.45) is 5.92 Å². The van der Waals surface area contributed by atoms with Gasteiger partial charge in [0.05, 0.1) is 24.9 Å². The van der Waals surface area contributed by atoms with Crippen molar-refractivity contribution in [3.63, 3.8) is 0 Å². The molecule has 0 radical (unpaired) electrons. The number of allylic oxidation sites excluding steroid dienone is 2. The molecule has 1 rings (SSSR count). The van der Waals surface area contributed by atoms with Gasteiger partial charge in [0.1, 0.15) is 5.78 Å². The maximum Gasteiger partial charge on any atom is 0.184 e. The molecular formula is C26H50O4Si2. The monoisotopic (exact) mass is 482 g/mol. The van der Waals surface area contributed by atoms with Crippen LogP contribution in [0.25, 0.3) is 0 Å². The minimum absolute atomic E-state index is 0.0884. The fourth-order valence-corrected chi connectivity index (χ4v) is 5.69. The van der Waals surface area contributed by atoms with Gasteiger partial charge in [-0.25, -0.2) is 0 Å². The van der Waals surface area contributed by atoms with E-state index in [0.29, 0.717) is 25.4 Å². The smallest absolute Gasteiger partial charge is 0.184 e. The Balaban J connectivity index is 2.79. The number of carbonyl (C=O) groups excluding carboxylic acids is 1. The van der Waals surface area contributed by atoms with Gasteiger partial charge in [-0.1, -0.05) is 24.6 Å². The molecule has 0 bridgehead atoms. The predicted octanol–water partition coefficient (Wildman–Crippen LogP) is 7.29. The van der Waals surface area contributed by atoms with E-state index in [1.54, 1.807) is 0 Å². The number of hydrogen-bond donors (Lipinski definition) is 0. The van der Waals surface area contributed by atoms with Crippen molar-refractivity contribution in [1.29, 1.82) is 0 Å². The molecule has 4 nitrogen and oxygen atoms in total. The molecule has 1 unspecified atom stereocenters. The van der Waals surface area contributed by atoms with E-state index in [2.05, 4.69) is 59.2 Å². The van der Waals surface area contributed by atoms with Crippen LogP contribution in [0.2, 0.25) is 39.3 Å². The molecule has 0 aromatic carbocycles. The van der Waals surface area contributed by atoms with E-state index in [9.17, 15) is 4.79 Å². The normalized spacial score (nSPS) is 24.8. The summed E-state index contributed by atoms with van der Waals surface area (Å²) in [4.78, 5) is 12.4. The summed E-state index contributed by atoms with van der Waals surface area (Å²) in [5.74, 6) is 0.422. The van der Waals surface area contributed by atoms with Gasteiger partial charge in [0.2, 0.25) is 0 Å². The largest absolute Gasteiger partial charge is 0.414 e. The molecule has 0 aromatic rings. The van der Waals surface area contributed by atoms with Gasteiger partial charge in [-0.15, -0.1) is 0 Å². The van der Waals surface area contributed by atoms with Crippen LogP contribution in [0.1, 0.15) is 66.2 Å². The lowest BCUT2D eigenvalue weighted by Crippen LogP contribution is -2.47. The molecule has 1 fully saturated rings. The molecule has 0 aromatic heterocycles. The Morgan fingerprint density at radius 3 is 2.41 bits per heavy atom. The number of rotatable bonds is 12. The number of ether oxygens (including phenoxy) is 1. The zero-order valence-corrected chi connectivity index (χ0v) is 24.6. The lowest BCUT2D eigenvalue weighted by Gasteiger charge is -2.39. The minimum atomic E-state index is -1.71. The van der Waals surface area contributed by atoms with Crippen molar-refractivity contribution in [2.45, 2.75) is 117 Å². The topological polar surface area (TPSA) is 44.8 Å². The molecule has 0 spiro atoms. The molecule has 1 heterocycles.